The van der Waals surface area contributed by atoms with Crippen LogP contribution in [0.15, 0.2) is 63.7 Å². The molecule has 0 amide bonds. The number of esters is 1. The van der Waals surface area contributed by atoms with Crippen molar-refractivity contribution in [3.05, 3.63) is 64.3 Å². The van der Waals surface area contributed by atoms with Gasteiger partial charge in [0.25, 0.3) is 0 Å². The number of hydrogen-bond donors (Lipinski definition) is 2. The second-order valence-electron chi connectivity index (χ2n) is 6.09. The van der Waals surface area contributed by atoms with Crippen molar-refractivity contribution in [3.8, 4) is 17.2 Å². The number of thioether (sulfide) groups is 1. The zero-order valence-corrected chi connectivity index (χ0v) is 17.5. The second kappa shape index (κ2) is 9.41. The first-order chi connectivity index (χ1) is 14.5. The number of carbonyl (C=O) groups is 1. The third-order valence-corrected chi connectivity index (χ3v) is 5.20. The SMILES string of the molecule is CCOc1ccc(N=C2SC(=Cc3ccc(OC)cc3O)C(O)=C2C(=O)OC)cc1. The van der Waals surface area contributed by atoms with Gasteiger partial charge in [-0.05, 0) is 49.4 Å². The van der Waals surface area contributed by atoms with Gasteiger partial charge in [0.2, 0.25) is 0 Å². The minimum absolute atomic E-state index is 0.0215. The lowest BCUT2D eigenvalue weighted by molar-refractivity contribution is -0.135. The molecule has 0 radical (unpaired) electrons. The van der Waals surface area contributed by atoms with Crippen molar-refractivity contribution in [1.29, 1.82) is 0 Å². The number of nitrogens with zero attached hydrogens (tertiary/aromatic N) is 1. The van der Waals surface area contributed by atoms with E-state index in [1.54, 1.807) is 42.5 Å². The standard InChI is InChI=1S/C22H21NO6S/c1-4-29-15-9-6-14(7-10-15)23-21-19(22(26)28-3)20(25)18(30-21)11-13-5-8-16(27-2)12-17(13)24/h5-12,24-25H,4H2,1-3H3. The van der Waals surface area contributed by atoms with Gasteiger partial charge in [0.05, 0.1) is 31.4 Å². The fourth-order valence-electron chi connectivity index (χ4n) is 2.71. The number of rotatable bonds is 6. The molecule has 0 fully saturated rings. The number of benzene rings is 2. The molecule has 2 aromatic rings. The number of aliphatic hydroxyl groups excluding tert-OH is 1. The molecule has 0 saturated heterocycles. The van der Waals surface area contributed by atoms with Crippen LogP contribution in [0.1, 0.15) is 12.5 Å². The minimum Gasteiger partial charge on any atom is -0.507 e. The molecule has 8 heteroatoms. The summed E-state index contributed by atoms with van der Waals surface area (Å²) in [5, 5.41) is 21.1. The highest BCUT2D eigenvalue weighted by atomic mass is 32.2. The van der Waals surface area contributed by atoms with Crippen molar-refractivity contribution >= 4 is 34.5 Å². The third kappa shape index (κ3) is 4.60. The predicted octanol–water partition coefficient (Wildman–Crippen LogP) is 4.60. The zero-order chi connectivity index (χ0) is 21.7. The number of carbonyl (C=O) groups excluding carboxylic acids is 1. The van der Waals surface area contributed by atoms with E-state index in [4.69, 9.17) is 14.2 Å². The minimum atomic E-state index is -0.702. The molecule has 0 unspecified atom stereocenters. The molecule has 0 spiro atoms. The second-order valence-corrected chi connectivity index (χ2v) is 7.13. The van der Waals surface area contributed by atoms with Crippen LogP contribution in [0.4, 0.5) is 5.69 Å². The van der Waals surface area contributed by atoms with E-state index in [9.17, 15) is 15.0 Å². The molecular formula is C22H21NO6S. The maximum atomic E-state index is 12.3. The molecule has 0 bridgehead atoms. The van der Waals surface area contributed by atoms with Gasteiger partial charge in [-0.3, -0.25) is 0 Å². The van der Waals surface area contributed by atoms with Crippen molar-refractivity contribution in [2.45, 2.75) is 6.92 Å². The lowest BCUT2D eigenvalue weighted by Gasteiger charge is -2.04. The van der Waals surface area contributed by atoms with Crippen LogP contribution in [0.3, 0.4) is 0 Å². The summed E-state index contributed by atoms with van der Waals surface area (Å²) in [6.45, 7) is 2.45. The monoisotopic (exact) mass is 427 g/mol. The van der Waals surface area contributed by atoms with Crippen LogP contribution >= 0.6 is 11.8 Å². The highest BCUT2D eigenvalue weighted by Gasteiger charge is 2.33. The fraction of sp³-hybridized carbons (Fsp3) is 0.182. The number of aromatic hydroxyl groups is 1. The van der Waals surface area contributed by atoms with Crippen LogP contribution in [0.25, 0.3) is 6.08 Å². The highest BCUT2D eigenvalue weighted by molar-refractivity contribution is 8.18. The van der Waals surface area contributed by atoms with E-state index in [1.807, 2.05) is 6.92 Å². The molecule has 0 atom stereocenters. The molecule has 1 heterocycles. The Morgan fingerprint density at radius 3 is 2.40 bits per heavy atom. The maximum absolute atomic E-state index is 12.3. The van der Waals surface area contributed by atoms with Gasteiger partial charge in [0.15, 0.2) is 0 Å². The van der Waals surface area contributed by atoms with Gasteiger partial charge in [0.1, 0.15) is 33.6 Å². The van der Waals surface area contributed by atoms with Crippen LogP contribution in [0.2, 0.25) is 0 Å². The maximum Gasteiger partial charge on any atom is 0.344 e. The summed E-state index contributed by atoms with van der Waals surface area (Å²) in [5.74, 6) is 0.231. The average molecular weight is 427 g/mol. The fourth-order valence-corrected chi connectivity index (χ4v) is 3.73. The van der Waals surface area contributed by atoms with Crippen molar-refractivity contribution in [3.63, 3.8) is 0 Å². The normalized spacial score (nSPS) is 16.2. The topological polar surface area (TPSA) is 97.6 Å². The van der Waals surface area contributed by atoms with Crippen LogP contribution in [-0.2, 0) is 9.53 Å². The molecule has 0 aliphatic carbocycles. The Labute approximate surface area is 178 Å². The van der Waals surface area contributed by atoms with Gasteiger partial charge in [-0.1, -0.05) is 11.8 Å². The number of phenols is 1. The smallest absolute Gasteiger partial charge is 0.344 e. The zero-order valence-electron chi connectivity index (χ0n) is 16.7. The van der Waals surface area contributed by atoms with Gasteiger partial charge < -0.3 is 24.4 Å². The number of aliphatic hydroxyl groups is 1. The van der Waals surface area contributed by atoms with E-state index in [0.29, 0.717) is 39.3 Å². The Balaban J connectivity index is 1.98. The van der Waals surface area contributed by atoms with Crippen molar-refractivity contribution in [2.24, 2.45) is 4.99 Å². The number of aliphatic imine (C=N–C) groups is 1. The molecule has 30 heavy (non-hydrogen) atoms. The number of phenolic OH excluding ortho intramolecular Hbond substituents is 1. The lowest BCUT2D eigenvalue weighted by Crippen LogP contribution is -2.10. The first kappa shape index (κ1) is 21.3. The first-order valence-corrected chi connectivity index (χ1v) is 9.88. The van der Waals surface area contributed by atoms with E-state index in [-0.39, 0.29) is 17.1 Å². The summed E-state index contributed by atoms with van der Waals surface area (Å²) in [6.07, 6.45) is 1.57. The van der Waals surface area contributed by atoms with E-state index in [2.05, 4.69) is 4.99 Å². The lowest BCUT2D eigenvalue weighted by atomic mass is 10.1. The quantitative estimate of drug-likeness (QED) is 0.650. The Hall–Kier alpha value is -3.39. The first-order valence-electron chi connectivity index (χ1n) is 9.07. The van der Waals surface area contributed by atoms with Crippen molar-refractivity contribution in [1.82, 2.24) is 0 Å². The molecule has 7 nitrogen and oxygen atoms in total. The summed E-state index contributed by atoms with van der Waals surface area (Å²) in [5.41, 5.74) is 1.01. The predicted molar refractivity (Wildman–Crippen MR) is 117 cm³/mol. The molecule has 156 valence electrons. The van der Waals surface area contributed by atoms with Crippen LogP contribution in [0.5, 0.6) is 17.2 Å². The summed E-state index contributed by atoms with van der Waals surface area (Å²) in [4.78, 5) is 17.1. The largest absolute Gasteiger partial charge is 0.507 e. The molecule has 1 aliphatic heterocycles. The van der Waals surface area contributed by atoms with Crippen molar-refractivity contribution < 1.29 is 29.2 Å². The highest BCUT2D eigenvalue weighted by Crippen LogP contribution is 2.41. The Kier molecular flexibility index (Phi) is 6.68. The Morgan fingerprint density at radius 1 is 1.10 bits per heavy atom. The third-order valence-electron chi connectivity index (χ3n) is 4.18. The van der Waals surface area contributed by atoms with E-state index in [0.717, 1.165) is 11.8 Å². The summed E-state index contributed by atoms with van der Waals surface area (Å²) < 4.78 is 15.3. The molecular weight excluding hydrogens is 406 g/mol. The van der Waals surface area contributed by atoms with E-state index >= 15 is 0 Å². The van der Waals surface area contributed by atoms with Gasteiger partial charge in [-0.15, -0.1) is 0 Å². The summed E-state index contributed by atoms with van der Waals surface area (Å²) >= 11 is 1.11. The number of methoxy groups -OCH3 is 2. The van der Waals surface area contributed by atoms with Gasteiger partial charge >= 0.3 is 5.97 Å². The van der Waals surface area contributed by atoms with Gasteiger partial charge in [-0.25, -0.2) is 9.79 Å². The van der Waals surface area contributed by atoms with E-state index < -0.39 is 5.97 Å². The molecule has 2 aromatic carbocycles. The molecule has 0 aromatic heterocycles. The molecule has 1 aliphatic rings. The van der Waals surface area contributed by atoms with Crippen LogP contribution in [0, 0.1) is 0 Å². The summed E-state index contributed by atoms with van der Waals surface area (Å²) in [7, 11) is 2.74. The van der Waals surface area contributed by atoms with Crippen molar-refractivity contribution in [2.75, 3.05) is 20.8 Å². The van der Waals surface area contributed by atoms with Crippen LogP contribution in [-0.4, -0.2) is 42.1 Å². The average Bonchev–Trinajstić information content (AvgIpc) is 3.05. The number of ether oxygens (including phenoxy) is 3. The van der Waals surface area contributed by atoms with Gasteiger partial charge in [-0.2, -0.15) is 0 Å². The van der Waals surface area contributed by atoms with Crippen LogP contribution < -0.4 is 9.47 Å². The Bertz CT molecular complexity index is 1040. The van der Waals surface area contributed by atoms with E-state index in [1.165, 1.54) is 20.3 Å². The van der Waals surface area contributed by atoms with Gasteiger partial charge in [0, 0.05) is 11.6 Å². The summed E-state index contributed by atoms with van der Waals surface area (Å²) in [6, 6.07) is 11.8. The Morgan fingerprint density at radius 2 is 1.80 bits per heavy atom. The molecule has 0 saturated carbocycles. The molecule has 2 N–H and O–H groups in total. The number of hydrogen-bond acceptors (Lipinski definition) is 8. The molecule has 3 rings (SSSR count).